The minimum Gasteiger partial charge on any atom is -0.395 e. The molecule has 0 aliphatic rings. The molecule has 0 bridgehead atoms. The maximum Gasteiger partial charge on any atom is 0.294 e. The van der Waals surface area contributed by atoms with Gasteiger partial charge in [-0.05, 0) is 6.42 Å². The molecule has 1 rings (SSSR count). The molecule has 7 heteroatoms. The van der Waals surface area contributed by atoms with Crippen LogP contribution in [0.25, 0.3) is 0 Å². The smallest absolute Gasteiger partial charge is 0.294 e. The van der Waals surface area contributed by atoms with Crippen molar-refractivity contribution in [2.24, 2.45) is 0 Å². The number of nitro groups is 1. The normalized spacial score (nSPS) is 10.5. The molecule has 0 spiro atoms. The van der Waals surface area contributed by atoms with Crippen molar-refractivity contribution >= 4 is 23.0 Å². The van der Waals surface area contributed by atoms with Gasteiger partial charge in [0, 0.05) is 25.2 Å². The van der Waals surface area contributed by atoms with Gasteiger partial charge in [-0.15, -0.1) is 0 Å². The summed E-state index contributed by atoms with van der Waals surface area (Å²) in [5, 5.41) is 19.7. The fraction of sp³-hybridized carbons (Fsp3) is 0.500. The molecule has 0 aliphatic carbocycles. The van der Waals surface area contributed by atoms with Crippen molar-refractivity contribution in [2.45, 2.75) is 19.8 Å². The molecule has 0 amide bonds. The average Bonchev–Trinajstić information content (AvgIpc) is 2.37. The zero-order valence-electron chi connectivity index (χ0n) is 10.6. The van der Waals surface area contributed by atoms with Crippen molar-refractivity contribution in [2.75, 3.05) is 24.6 Å². The second-order valence-corrected chi connectivity index (χ2v) is 4.48. The number of hydrogen-bond donors (Lipinski definition) is 1. The van der Waals surface area contributed by atoms with E-state index < -0.39 is 10.7 Å². The van der Waals surface area contributed by atoms with Crippen LogP contribution in [0.1, 0.15) is 19.8 Å². The van der Waals surface area contributed by atoms with Gasteiger partial charge in [-0.1, -0.05) is 24.9 Å². The highest BCUT2D eigenvalue weighted by atomic mass is 35.5. The van der Waals surface area contributed by atoms with Gasteiger partial charge in [-0.2, -0.15) is 0 Å². The van der Waals surface area contributed by atoms with Crippen LogP contribution in [-0.2, 0) is 0 Å². The quantitative estimate of drug-likeness (QED) is 0.619. The molecule has 0 saturated heterocycles. The monoisotopic (exact) mass is 290 g/mol. The molecule has 0 atom stereocenters. The van der Waals surface area contributed by atoms with Crippen molar-refractivity contribution in [3.8, 4) is 0 Å². The Kier molecular flexibility index (Phi) is 5.98. The van der Waals surface area contributed by atoms with E-state index in [1.807, 2.05) is 6.92 Å². The lowest BCUT2D eigenvalue weighted by Gasteiger charge is -2.23. The molecule has 1 aromatic rings. The second kappa shape index (κ2) is 7.25. The molecular weight excluding hydrogens is 275 g/mol. The first-order chi connectivity index (χ1) is 9.01. The van der Waals surface area contributed by atoms with Crippen molar-refractivity contribution < 1.29 is 14.4 Å². The molecule has 0 radical (unpaired) electrons. The van der Waals surface area contributed by atoms with Gasteiger partial charge >= 0.3 is 0 Å². The number of nitro benzene ring substituents is 1. The first kappa shape index (κ1) is 15.7. The van der Waals surface area contributed by atoms with E-state index in [1.54, 1.807) is 4.90 Å². The van der Waals surface area contributed by atoms with Gasteiger partial charge in [0.25, 0.3) is 5.69 Å². The number of aliphatic hydroxyl groups excluding tert-OH is 1. The minimum absolute atomic E-state index is 0.148. The number of anilines is 1. The predicted molar refractivity (Wildman–Crippen MR) is 72.3 cm³/mol. The molecule has 5 nitrogen and oxygen atoms in total. The Morgan fingerprint density at radius 2 is 2.16 bits per heavy atom. The molecule has 0 heterocycles. The van der Waals surface area contributed by atoms with Crippen LogP contribution < -0.4 is 4.90 Å². The fourth-order valence-corrected chi connectivity index (χ4v) is 1.91. The van der Waals surface area contributed by atoms with Crippen molar-refractivity contribution in [1.82, 2.24) is 0 Å². The van der Waals surface area contributed by atoms with Gasteiger partial charge in [-0.3, -0.25) is 10.1 Å². The van der Waals surface area contributed by atoms with Crippen LogP contribution in [0.15, 0.2) is 12.1 Å². The number of halogens is 2. The van der Waals surface area contributed by atoms with Gasteiger partial charge < -0.3 is 10.0 Å². The van der Waals surface area contributed by atoms with E-state index in [-0.39, 0.29) is 29.5 Å². The highest BCUT2D eigenvalue weighted by molar-refractivity contribution is 6.31. The minimum atomic E-state index is -0.707. The summed E-state index contributed by atoms with van der Waals surface area (Å²) in [6.07, 6.45) is 1.69. The fourth-order valence-electron chi connectivity index (χ4n) is 1.75. The summed E-state index contributed by atoms with van der Waals surface area (Å²) < 4.78 is 13.5. The van der Waals surface area contributed by atoms with Gasteiger partial charge in [0.15, 0.2) is 0 Å². The van der Waals surface area contributed by atoms with Crippen LogP contribution in [0.3, 0.4) is 0 Å². The lowest BCUT2D eigenvalue weighted by atomic mass is 10.2. The Hall–Kier alpha value is -1.40. The summed E-state index contributed by atoms with van der Waals surface area (Å²) in [6, 6.07) is 2.05. The summed E-state index contributed by atoms with van der Waals surface area (Å²) >= 11 is 5.57. The van der Waals surface area contributed by atoms with Crippen molar-refractivity contribution in [3.63, 3.8) is 0 Å². The lowest BCUT2D eigenvalue weighted by Crippen LogP contribution is -2.28. The summed E-state index contributed by atoms with van der Waals surface area (Å²) in [5.41, 5.74) is -0.106. The Balaban J connectivity index is 3.19. The maximum absolute atomic E-state index is 13.5. The molecule has 19 heavy (non-hydrogen) atoms. The van der Waals surface area contributed by atoms with E-state index in [1.165, 1.54) is 0 Å². The molecule has 106 valence electrons. The third-order valence-electron chi connectivity index (χ3n) is 2.71. The SMILES string of the molecule is CCCCN(CCO)c1cc(F)c(Cl)cc1[N+](=O)[O-]. The molecule has 0 aliphatic heterocycles. The van der Waals surface area contributed by atoms with Crippen LogP contribution in [-0.4, -0.2) is 29.7 Å². The predicted octanol–water partition coefficient (Wildman–Crippen LogP) is 2.99. The molecule has 0 aromatic heterocycles. The van der Waals surface area contributed by atoms with Crippen molar-refractivity contribution in [3.05, 3.63) is 33.1 Å². The van der Waals surface area contributed by atoms with Crippen LogP contribution in [0.2, 0.25) is 5.02 Å². The number of nitrogens with zero attached hydrogens (tertiary/aromatic N) is 2. The maximum atomic E-state index is 13.5. The van der Waals surface area contributed by atoms with E-state index in [4.69, 9.17) is 16.7 Å². The molecule has 0 unspecified atom stereocenters. The highest BCUT2D eigenvalue weighted by Crippen LogP contribution is 2.33. The highest BCUT2D eigenvalue weighted by Gasteiger charge is 2.22. The number of unbranched alkanes of at least 4 members (excludes halogenated alkanes) is 1. The van der Waals surface area contributed by atoms with E-state index in [0.717, 1.165) is 25.0 Å². The number of benzene rings is 1. The van der Waals surface area contributed by atoms with Gasteiger partial charge in [0.1, 0.15) is 11.5 Å². The summed E-state index contributed by atoms with van der Waals surface area (Å²) in [7, 11) is 0. The number of aliphatic hydroxyl groups is 1. The third-order valence-corrected chi connectivity index (χ3v) is 3.00. The second-order valence-electron chi connectivity index (χ2n) is 4.08. The van der Waals surface area contributed by atoms with E-state index in [0.29, 0.717) is 6.54 Å². The first-order valence-corrected chi connectivity index (χ1v) is 6.38. The molecule has 1 N–H and O–H groups in total. The third kappa shape index (κ3) is 4.04. The van der Waals surface area contributed by atoms with Crippen LogP contribution >= 0.6 is 11.6 Å². The topological polar surface area (TPSA) is 66.6 Å². The molecule has 0 saturated carbocycles. The largest absolute Gasteiger partial charge is 0.395 e. The molecule has 0 fully saturated rings. The van der Waals surface area contributed by atoms with Gasteiger partial charge in [0.2, 0.25) is 0 Å². The lowest BCUT2D eigenvalue weighted by molar-refractivity contribution is -0.384. The zero-order chi connectivity index (χ0) is 14.4. The summed E-state index contributed by atoms with van der Waals surface area (Å²) in [4.78, 5) is 12.0. The van der Waals surface area contributed by atoms with Gasteiger partial charge in [0.05, 0.1) is 16.6 Å². The van der Waals surface area contributed by atoms with Crippen molar-refractivity contribution in [1.29, 1.82) is 0 Å². The van der Waals surface area contributed by atoms with Crippen LogP contribution in [0.5, 0.6) is 0 Å². The standard InChI is InChI=1S/C12H16ClFN2O3/c1-2-3-4-15(5-6-17)11-8-10(14)9(13)7-12(11)16(18)19/h7-8,17H,2-6H2,1H3. The van der Waals surface area contributed by atoms with E-state index in [9.17, 15) is 14.5 Å². The molecular formula is C12H16ClFN2O3. The van der Waals surface area contributed by atoms with Crippen LogP contribution in [0, 0.1) is 15.9 Å². The van der Waals surface area contributed by atoms with Gasteiger partial charge in [-0.25, -0.2) is 4.39 Å². The summed E-state index contributed by atoms with van der Waals surface area (Å²) in [5.74, 6) is -0.707. The van der Waals surface area contributed by atoms with E-state index in [2.05, 4.69) is 0 Å². The first-order valence-electron chi connectivity index (χ1n) is 6.00. The number of hydrogen-bond acceptors (Lipinski definition) is 4. The van der Waals surface area contributed by atoms with Crippen LogP contribution in [0.4, 0.5) is 15.8 Å². The Labute approximate surface area is 115 Å². The Morgan fingerprint density at radius 1 is 1.47 bits per heavy atom. The van der Waals surface area contributed by atoms with E-state index >= 15 is 0 Å². The Bertz CT molecular complexity index is 457. The Morgan fingerprint density at radius 3 is 2.68 bits per heavy atom. The zero-order valence-corrected chi connectivity index (χ0v) is 11.4. The average molecular weight is 291 g/mol. The molecule has 1 aromatic carbocycles. The summed E-state index contributed by atoms with van der Waals surface area (Å²) in [6.45, 7) is 2.54. The number of rotatable bonds is 7.